The standard InChI is InChI=1S/C16H15N3O2/c1-2-7-19(9-11-3-4-11)15-13-6-5-12(16(20)21)8-14(13)17-10-18-15/h1,5-6,8,10-11H,3-4,7,9H2,(H,20,21). The average Bonchev–Trinajstić information content (AvgIpc) is 3.29. The number of carboxylic acid groups (broad SMARTS) is 1. The Kier molecular flexibility index (Phi) is 3.44. The van der Waals surface area contributed by atoms with Gasteiger partial charge in [0.15, 0.2) is 0 Å². The van der Waals surface area contributed by atoms with E-state index in [4.69, 9.17) is 11.5 Å². The van der Waals surface area contributed by atoms with E-state index >= 15 is 0 Å². The molecule has 0 radical (unpaired) electrons. The van der Waals surface area contributed by atoms with E-state index in [9.17, 15) is 4.79 Å². The van der Waals surface area contributed by atoms with Gasteiger partial charge in [0.05, 0.1) is 17.6 Å². The van der Waals surface area contributed by atoms with E-state index in [1.54, 1.807) is 18.2 Å². The maximum Gasteiger partial charge on any atom is 0.335 e. The smallest absolute Gasteiger partial charge is 0.335 e. The van der Waals surface area contributed by atoms with Crippen LogP contribution in [0, 0.1) is 18.3 Å². The molecule has 1 heterocycles. The first-order valence-electron chi connectivity index (χ1n) is 6.85. The molecule has 1 aliphatic rings. The van der Waals surface area contributed by atoms with Crippen LogP contribution in [0.5, 0.6) is 0 Å². The molecule has 1 aliphatic carbocycles. The molecule has 0 bridgehead atoms. The minimum Gasteiger partial charge on any atom is -0.478 e. The molecule has 2 aromatic rings. The van der Waals surface area contributed by atoms with Crippen LogP contribution in [0.3, 0.4) is 0 Å². The Labute approximate surface area is 122 Å². The van der Waals surface area contributed by atoms with Crippen molar-refractivity contribution in [3.05, 3.63) is 30.1 Å². The molecule has 0 amide bonds. The number of carbonyl (C=O) groups is 1. The van der Waals surface area contributed by atoms with Gasteiger partial charge in [0.25, 0.3) is 0 Å². The van der Waals surface area contributed by atoms with Gasteiger partial charge in [-0.2, -0.15) is 0 Å². The van der Waals surface area contributed by atoms with E-state index in [1.165, 1.54) is 19.2 Å². The second-order valence-electron chi connectivity index (χ2n) is 5.26. The second-order valence-corrected chi connectivity index (χ2v) is 5.26. The summed E-state index contributed by atoms with van der Waals surface area (Å²) in [6, 6.07) is 4.89. The molecule has 1 saturated carbocycles. The van der Waals surface area contributed by atoms with Crippen molar-refractivity contribution in [2.24, 2.45) is 5.92 Å². The number of rotatable bonds is 5. The SMILES string of the molecule is C#CCN(CC1CC1)c1ncnc2cc(C(=O)O)ccc12. The number of nitrogens with zero attached hydrogens (tertiary/aromatic N) is 3. The summed E-state index contributed by atoms with van der Waals surface area (Å²) in [5.41, 5.74) is 0.843. The summed E-state index contributed by atoms with van der Waals surface area (Å²) in [7, 11) is 0. The van der Waals surface area contributed by atoms with Gasteiger partial charge in [-0.05, 0) is 37.0 Å². The molecule has 1 N–H and O–H groups in total. The predicted octanol–water partition coefficient (Wildman–Crippen LogP) is 2.18. The Bertz CT molecular complexity index is 732. The molecule has 1 aromatic heterocycles. The zero-order chi connectivity index (χ0) is 14.8. The lowest BCUT2D eigenvalue weighted by Gasteiger charge is -2.22. The summed E-state index contributed by atoms with van der Waals surface area (Å²) in [6.45, 7) is 1.38. The first-order chi connectivity index (χ1) is 10.2. The van der Waals surface area contributed by atoms with Crippen LogP contribution in [-0.4, -0.2) is 34.1 Å². The van der Waals surface area contributed by atoms with Crippen LogP contribution in [0.25, 0.3) is 10.9 Å². The molecule has 0 unspecified atom stereocenters. The largest absolute Gasteiger partial charge is 0.478 e. The van der Waals surface area contributed by atoms with Crippen LogP contribution in [0.15, 0.2) is 24.5 Å². The Balaban J connectivity index is 2.04. The van der Waals surface area contributed by atoms with Crippen LogP contribution in [0.2, 0.25) is 0 Å². The number of hydrogen-bond donors (Lipinski definition) is 1. The molecule has 0 atom stereocenters. The van der Waals surface area contributed by atoms with Crippen molar-refractivity contribution in [2.75, 3.05) is 18.0 Å². The van der Waals surface area contributed by atoms with E-state index in [-0.39, 0.29) is 5.56 Å². The number of aromatic nitrogens is 2. The number of aromatic carboxylic acids is 1. The topological polar surface area (TPSA) is 66.3 Å². The van der Waals surface area contributed by atoms with E-state index in [0.717, 1.165) is 17.7 Å². The molecule has 0 spiro atoms. The zero-order valence-corrected chi connectivity index (χ0v) is 11.5. The molecule has 1 aromatic carbocycles. The maximum atomic E-state index is 11.0. The number of carboxylic acids is 1. The van der Waals surface area contributed by atoms with E-state index in [0.29, 0.717) is 18.0 Å². The quantitative estimate of drug-likeness (QED) is 0.851. The van der Waals surface area contributed by atoms with Gasteiger partial charge in [0.2, 0.25) is 0 Å². The fourth-order valence-corrected chi connectivity index (χ4v) is 2.38. The minimum absolute atomic E-state index is 0.220. The van der Waals surface area contributed by atoms with Gasteiger partial charge in [-0.15, -0.1) is 6.42 Å². The highest BCUT2D eigenvalue weighted by Crippen LogP contribution is 2.32. The molecule has 5 heteroatoms. The van der Waals surface area contributed by atoms with Gasteiger partial charge in [-0.3, -0.25) is 0 Å². The maximum absolute atomic E-state index is 11.0. The predicted molar refractivity (Wildman–Crippen MR) is 80.3 cm³/mol. The fourth-order valence-electron chi connectivity index (χ4n) is 2.38. The van der Waals surface area contributed by atoms with Crippen LogP contribution < -0.4 is 4.90 Å². The number of fused-ring (bicyclic) bond motifs is 1. The molecular weight excluding hydrogens is 266 g/mol. The van der Waals surface area contributed by atoms with Gasteiger partial charge in [0.1, 0.15) is 12.1 Å². The average molecular weight is 281 g/mol. The summed E-state index contributed by atoms with van der Waals surface area (Å²) in [5, 5.41) is 9.89. The molecule has 0 saturated heterocycles. The van der Waals surface area contributed by atoms with Crippen molar-refractivity contribution < 1.29 is 9.90 Å². The Hall–Kier alpha value is -2.61. The summed E-state index contributed by atoms with van der Waals surface area (Å²) in [4.78, 5) is 21.6. The number of terminal acetylenes is 1. The third-order valence-electron chi connectivity index (χ3n) is 3.62. The van der Waals surface area contributed by atoms with Crippen molar-refractivity contribution in [2.45, 2.75) is 12.8 Å². The van der Waals surface area contributed by atoms with Crippen molar-refractivity contribution in [1.29, 1.82) is 0 Å². The molecule has 5 nitrogen and oxygen atoms in total. The highest BCUT2D eigenvalue weighted by atomic mass is 16.4. The van der Waals surface area contributed by atoms with E-state index in [2.05, 4.69) is 20.8 Å². The van der Waals surface area contributed by atoms with Crippen LogP contribution in [-0.2, 0) is 0 Å². The second kappa shape index (κ2) is 5.41. The van der Waals surface area contributed by atoms with E-state index < -0.39 is 5.97 Å². The lowest BCUT2D eigenvalue weighted by molar-refractivity contribution is 0.0697. The molecule has 3 rings (SSSR count). The third kappa shape index (κ3) is 2.79. The third-order valence-corrected chi connectivity index (χ3v) is 3.62. The normalized spacial score (nSPS) is 13.9. The zero-order valence-electron chi connectivity index (χ0n) is 11.5. The fraction of sp³-hybridized carbons (Fsp3) is 0.312. The summed E-state index contributed by atoms with van der Waals surface area (Å²) < 4.78 is 0. The molecule has 21 heavy (non-hydrogen) atoms. The van der Waals surface area contributed by atoms with Crippen LogP contribution in [0.4, 0.5) is 5.82 Å². The summed E-state index contributed by atoms with van der Waals surface area (Å²) >= 11 is 0. The van der Waals surface area contributed by atoms with Crippen LogP contribution in [0.1, 0.15) is 23.2 Å². The Morgan fingerprint density at radius 3 is 2.90 bits per heavy atom. The number of anilines is 1. The van der Waals surface area contributed by atoms with Gasteiger partial charge in [0, 0.05) is 11.9 Å². The van der Waals surface area contributed by atoms with Gasteiger partial charge >= 0.3 is 5.97 Å². The van der Waals surface area contributed by atoms with Gasteiger partial charge in [-0.1, -0.05) is 5.92 Å². The highest BCUT2D eigenvalue weighted by Gasteiger charge is 2.25. The van der Waals surface area contributed by atoms with Crippen molar-refractivity contribution in [3.8, 4) is 12.3 Å². The Morgan fingerprint density at radius 1 is 1.43 bits per heavy atom. The lowest BCUT2D eigenvalue weighted by atomic mass is 10.1. The van der Waals surface area contributed by atoms with Crippen molar-refractivity contribution in [3.63, 3.8) is 0 Å². The number of benzene rings is 1. The van der Waals surface area contributed by atoms with E-state index in [1.807, 2.05) is 0 Å². The molecule has 106 valence electrons. The minimum atomic E-state index is -0.962. The van der Waals surface area contributed by atoms with Crippen molar-refractivity contribution >= 4 is 22.7 Å². The first-order valence-corrected chi connectivity index (χ1v) is 6.85. The molecule has 0 aliphatic heterocycles. The summed E-state index contributed by atoms with van der Waals surface area (Å²) in [5.74, 6) is 3.16. The summed E-state index contributed by atoms with van der Waals surface area (Å²) in [6.07, 6.45) is 9.37. The van der Waals surface area contributed by atoms with Gasteiger partial charge < -0.3 is 10.0 Å². The number of hydrogen-bond acceptors (Lipinski definition) is 4. The molecule has 1 fully saturated rings. The monoisotopic (exact) mass is 281 g/mol. The highest BCUT2D eigenvalue weighted by molar-refractivity contribution is 5.96. The van der Waals surface area contributed by atoms with Crippen LogP contribution >= 0.6 is 0 Å². The Morgan fingerprint density at radius 2 is 2.24 bits per heavy atom. The first kappa shape index (κ1) is 13.4. The van der Waals surface area contributed by atoms with Gasteiger partial charge in [-0.25, -0.2) is 14.8 Å². The molecular formula is C16H15N3O2. The lowest BCUT2D eigenvalue weighted by Crippen LogP contribution is -2.27. The van der Waals surface area contributed by atoms with Crippen molar-refractivity contribution in [1.82, 2.24) is 9.97 Å².